The largest absolute Gasteiger partial charge is 0.504 e. The van der Waals surface area contributed by atoms with Crippen molar-refractivity contribution in [1.82, 2.24) is 0 Å². The van der Waals surface area contributed by atoms with E-state index in [4.69, 9.17) is 16.3 Å². The predicted molar refractivity (Wildman–Crippen MR) is 59.1 cm³/mol. The van der Waals surface area contributed by atoms with Gasteiger partial charge in [0.1, 0.15) is 0 Å². The number of phenols is 1. The second kappa shape index (κ2) is 4.53. The molecule has 0 heterocycles. The fourth-order valence-electron chi connectivity index (χ4n) is 1.41. The number of benzene rings is 1. The van der Waals surface area contributed by atoms with Crippen LogP contribution in [-0.2, 0) is 0 Å². The van der Waals surface area contributed by atoms with Gasteiger partial charge in [-0.3, -0.25) is 4.79 Å². The maximum absolute atomic E-state index is 10.8. The maximum atomic E-state index is 10.8. The van der Waals surface area contributed by atoms with Crippen LogP contribution >= 0.6 is 11.6 Å². The lowest BCUT2D eigenvalue weighted by Crippen LogP contribution is -1.97. The molecular formula is C11H13ClO3. The van der Waals surface area contributed by atoms with Gasteiger partial charge in [-0.05, 0) is 12.0 Å². The van der Waals surface area contributed by atoms with Crippen LogP contribution in [0.1, 0.15) is 35.7 Å². The van der Waals surface area contributed by atoms with Crippen molar-refractivity contribution in [2.24, 2.45) is 0 Å². The van der Waals surface area contributed by atoms with Gasteiger partial charge < -0.3 is 9.84 Å². The van der Waals surface area contributed by atoms with E-state index in [1.807, 2.05) is 13.8 Å². The SMILES string of the molecule is COc1c(O)c(C(C)C)cc(Cl)c1C=O. The summed E-state index contributed by atoms with van der Waals surface area (Å²) < 4.78 is 4.97. The van der Waals surface area contributed by atoms with Crippen LogP contribution < -0.4 is 4.74 Å². The summed E-state index contributed by atoms with van der Waals surface area (Å²) in [7, 11) is 1.39. The van der Waals surface area contributed by atoms with E-state index in [1.54, 1.807) is 6.07 Å². The summed E-state index contributed by atoms with van der Waals surface area (Å²) in [5, 5.41) is 10.1. The Hall–Kier alpha value is -1.22. The first kappa shape index (κ1) is 11.9. The third kappa shape index (κ3) is 2.07. The number of ether oxygens (including phenoxy) is 1. The summed E-state index contributed by atoms with van der Waals surface area (Å²) >= 11 is 5.91. The van der Waals surface area contributed by atoms with Crippen molar-refractivity contribution in [3.8, 4) is 11.5 Å². The molecule has 15 heavy (non-hydrogen) atoms. The first-order valence-corrected chi connectivity index (χ1v) is 4.95. The molecule has 0 saturated heterocycles. The van der Waals surface area contributed by atoms with Gasteiger partial charge in [-0.15, -0.1) is 0 Å². The van der Waals surface area contributed by atoms with Gasteiger partial charge in [0.15, 0.2) is 17.8 Å². The fraction of sp³-hybridized carbons (Fsp3) is 0.364. The number of hydrogen-bond donors (Lipinski definition) is 1. The van der Waals surface area contributed by atoms with E-state index in [0.717, 1.165) is 0 Å². The van der Waals surface area contributed by atoms with Gasteiger partial charge in [-0.1, -0.05) is 25.4 Å². The van der Waals surface area contributed by atoms with Crippen LogP contribution in [0.4, 0.5) is 0 Å². The number of rotatable bonds is 3. The van der Waals surface area contributed by atoms with Crippen molar-refractivity contribution < 1.29 is 14.6 Å². The van der Waals surface area contributed by atoms with E-state index in [1.165, 1.54) is 7.11 Å². The van der Waals surface area contributed by atoms with Gasteiger partial charge in [0.05, 0.1) is 17.7 Å². The number of hydrogen-bond acceptors (Lipinski definition) is 3. The minimum absolute atomic E-state index is 0.0148. The summed E-state index contributed by atoms with van der Waals surface area (Å²) in [5.74, 6) is 0.234. The van der Waals surface area contributed by atoms with Gasteiger partial charge in [-0.25, -0.2) is 0 Å². The lowest BCUT2D eigenvalue weighted by atomic mass is 9.99. The Bertz CT molecular complexity index is 386. The van der Waals surface area contributed by atoms with Gasteiger partial charge >= 0.3 is 0 Å². The third-order valence-corrected chi connectivity index (χ3v) is 2.53. The standard InChI is InChI=1S/C11H13ClO3/c1-6(2)7-4-9(12)8(5-13)11(15-3)10(7)14/h4-6,14H,1-3H3. The van der Waals surface area contributed by atoms with Crippen molar-refractivity contribution >= 4 is 17.9 Å². The molecule has 4 heteroatoms. The van der Waals surface area contributed by atoms with Gasteiger partial charge in [0.2, 0.25) is 0 Å². The summed E-state index contributed by atoms with van der Waals surface area (Å²) in [5.41, 5.74) is 0.850. The van der Waals surface area contributed by atoms with Crippen LogP contribution in [0.5, 0.6) is 11.5 Å². The average molecular weight is 229 g/mol. The zero-order chi connectivity index (χ0) is 11.6. The Kier molecular flexibility index (Phi) is 3.58. The van der Waals surface area contributed by atoms with E-state index in [0.29, 0.717) is 16.9 Å². The molecular weight excluding hydrogens is 216 g/mol. The lowest BCUT2D eigenvalue weighted by Gasteiger charge is -2.14. The van der Waals surface area contributed by atoms with E-state index in [9.17, 15) is 9.90 Å². The molecule has 0 atom stereocenters. The molecule has 0 fully saturated rings. The molecule has 0 spiro atoms. The first-order chi connectivity index (χ1) is 7.02. The van der Waals surface area contributed by atoms with Crippen LogP contribution in [0.3, 0.4) is 0 Å². The van der Waals surface area contributed by atoms with Crippen LogP contribution in [0, 0.1) is 0 Å². The minimum atomic E-state index is -0.0148. The van der Waals surface area contributed by atoms with E-state index in [-0.39, 0.29) is 23.0 Å². The smallest absolute Gasteiger partial charge is 0.172 e. The maximum Gasteiger partial charge on any atom is 0.172 e. The number of phenolic OH excluding ortho intramolecular Hbond substituents is 1. The summed E-state index contributed by atoms with van der Waals surface area (Å²) in [4.78, 5) is 10.8. The monoisotopic (exact) mass is 228 g/mol. The van der Waals surface area contributed by atoms with Crippen molar-refractivity contribution in [2.75, 3.05) is 7.11 Å². The quantitative estimate of drug-likeness (QED) is 0.809. The molecule has 0 aromatic heterocycles. The molecule has 0 bridgehead atoms. The zero-order valence-electron chi connectivity index (χ0n) is 8.87. The van der Waals surface area contributed by atoms with Crippen LogP contribution in [0.25, 0.3) is 0 Å². The molecule has 0 saturated carbocycles. The second-order valence-corrected chi connectivity index (χ2v) is 3.92. The Labute approximate surface area is 93.6 Å². The molecule has 1 N–H and O–H groups in total. The highest BCUT2D eigenvalue weighted by Gasteiger charge is 2.18. The first-order valence-electron chi connectivity index (χ1n) is 4.57. The van der Waals surface area contributed by atoms with E-state index in [2.05, 4.69) is 0 Å². The summed E-state index contributed by atoms with van der Waals surface area (Å²) in [6.07, 6.45) is 0.574. The second-order valence-electron chi connectivity index (χ2n) is 3.52. The molecule has 0 aliphatic rings. The highest BCUT2D eigenvalue weighted by Crippen LogP contribution is 2.40. The number of methoxy groups -OCH3 is 1. The van der Waals surface area contributed by atoms with E-state index < -0.39 is 0 Å². The zero-order valence-corrected chi connectivity index (χ0v) is 9.63. The molecule has 82 valence electrons. The molecule has 3 nitrogen and oxygen atoms in total. The molecule has 1 rings (SSSR count). The van der Waals surface area contributed by atoms with Crippen LogP contribution in [0.15, 0.2) is 6.07 Å². The molecule has 0 aliphatic carbocycles. The minimum Gasteiger partial charge on any atom is -0.504 e. The van der Waals surface area contributed by atoms with Crippen LogP contribution in [-0.4, -0.2) is 18.5 Å². The van der Waals surface area contributed by atoms with Crippen LogP contribution in [0.2, 0.25) is 5.02 Å². The fourth-order valence-corrected chi connectivity index (χ4v) is 1.65. The van der Waals surface area contributed by atoms with Gasteiger partial charge in [0.25, 0.3) is 0 Å². The van der Waals surface area contributed by atoms with E-state index >= 15 is 0 Å². The average Bonchev–Trinajstić information content (AvgIpc) is 2.19. The lowest BCUT2D eigenvalue weighted by molar-refractivity contribution is 0.112. The number of carbonyl (C=O) groups excluding carboxylic acids is 1. The van der Waals surface area contributed by atoms with Gasteiger partial charge in [-0.2, -0.15) is 0 Å². The Morgan fingerprint density at radius 3 is 2.53 bits per heavy atom. The number of carbonyl (C=O) groups is 1. The molecule has 0 unspecified atom stereocenters. The molecule has 1 aromatic rings. The van der Waals surface area contributed by atoms with Gasteiger partial charge in [0, 0.05) is 5.56 Å². The summed E-state index contributed by atoms with van der Waals surface area (Å²) in [6, 6.07) is 1.59. The third-order valence-electron chi connectivity index (χ3n) is 2.22. The highest BCUT2D eigenvalue weighted by molar-refractivity contribution is 6.33. The van der Waals surface area contributed by atoms with Crippen molar-refractivity contribution in [2.45, 2.75) is 19.8 Å². The predicted octanol–water partition coefficient (Wildman–Crippen LogP) is 2.99. The molecule has 0 aliphatic heterocycles. The Balaban J connectivity index is 3.51. The number of halogens is 1. The molecule has 1 aromatic carbocycles. The molecule has 0 amide bonds. The van der Waals surface area contributed by atoms with Crippen molar-refractivity contribution in [3.63, 3.8) is 0 Å². The molecule has 0 radical (unpaired) electrons. The van der Waals surface area contributed by atoms with Crippen molar-refractivity contribution in [3.05, 3.63) is 22.2 Å². The normalized spacial score (nSPS) is 10.5. The number of aldehydes is 1. The Morgan fingerprint density at radius 2 is 2.13 bits per heavy atom. The topological polar surface area (TPSA) is 46.5 Å². The summed E-state index contributed by atoms with van der Waals surface area (Å²) in [6.45, 7) is 3.84. The Morgan fingerprint density at radius 1 is 1.53 bits per heavy atom. The van der Waals surface area contributed by atoms with Crippen molar-refractivity contribution in [1.29, 1.82) is 0 Å². The highest BCUT2D eigenvalue weighted by atomic mass is 35.5. The number of aromatic hydroxyl groups is 1.